The fourth-order valence-electron chi connectivity index (χ4n) is 2.34. The molecular formula is C20H15N3O3. The van der Waals surface area contributed by atoms with Gasteiger partial charge in [0.05, 0.1) is 17.9 Å². The second-order valence-electron chi connectivity index (χ2n) is 5.50. The molecule has 1 heterocycles. The van der Waals surface area contributed by atoms with E-state index in [1.807, 2.05) is 6.07 Å². The number of furan rings is 1. The second kappa shape index (κ2) is 7.81. The third-order valence-electron chi connectivity index (χ3n) is 3.66. The summed E-state index contributed by atoms with van der Waals surface area (Å²) in [6.07, 6.45) is 1.43. The number of rotatable bonds is 5. The summed E-state index contributed by atoms with van der Waals surface area (Å²) in [6.45, 7) is 0.325. The van der Waals surface area contributed by atoms with E-state index in [-0.39, 0.29) is 17.6 Å². The van der Waals surface area contributed by atoms with E-state index in [4.69, 9.17) is 9.68 Å². The molecule has 0 saturated carbocycles. The lowest BCUT2D eigenvalue weighted by Gasteiger charge is -2.07. The molecule has 1 aromatic heterocycles. The molecule has 0 aliphatic heterocycles. The van der Waals surface area contributed by atoms with Crippen LogP contribution >= 0.6 is 0 Å². The van der Waals surface area contributed by atoms with E-state index in [1.54, 1.807) is 54.6 Å². The van der Waals surface area contributed by atoms with Gasteiger partial charge in [-0.1, -0.05) is 12.1 Å². The SMILES string of the molecule is N#Cc1cccc(CNC(=O)c2ccc(NC(=O)c3ccco3)cc2)c1. The molecule has 3 aromatic rings. The first-order valence-electron chi connectivity index (χ1n) is 7.88. The molecule has 0 bridgehead atoms. The number of hydrogen-bond donors (Lipinski definition) is 2. The zero-order chi connectivity index (χ0) is 18.4. The Balaban J connectivity index is 1.58. The Labute approximate surface area is 150 Å². The van der Waals surface area contributed by atoms with E-state index in [9.17, 15) is 9.59 Å². The number of benzene rings is 2. The molecule has 0 aliphatic rings. The van der Waals surface area contributed by atoms with Crippen molar-refractivity contribution >= 4 is 17.5 Å². The van der Waals surface area contributed by atoms with E-state index >= 15 is 0 Å². The van der Waals surface area contributed by atoms with Gasteiger partial charge >= 0.3 is 0 Å². The highest BCUT2D eigenvalue weighted by Gasteiger charge is 2.10. The van der Waals surface area contributed by atoms with Crippen LogP contribution < -0.4 is 10.6 Å². The minimum absolute atomic E-state index is 0.214. The Kier molecular flexibility index (Phi) is 5.11. The summed E-state index contributed by atoms with van der Waals surface area (Å²) >= 11 is 0. The summed E-state index contributed by atoms with van der Waals surface area (Å²) < 4.78 is 5.02. The summed E-state index contributed by atoms with van der Waals surface area (Å²) in [5, 5.41) is 14.4. The summed E-state index contributed by atoms with van der Waals surface area (Å²) in [4.78, 5) is 24.1. The predicted molar refractivity (Wildman–Crippen MR) is 95.4 cm³/mol. The molecule has 26 heavy (non-hydrogen) atoms. The van der Waals surface area contributed by atoms with Gasteiger partial charge in [0.25, 0.3) is 11.8 Å². The van der Waals surface area contributed by atoms with E-state index in [1.165, 1.54) is 6.26 Å². The molecule has 0 unspecified atom stereocenters. The van der Waals surface area contributed by atoms with Gasteiger partial charge in [0.1, 0.15) is 0 Å². The minimum atomic E-state index is -0.357. The molecule has 0 fully saturated rings. The molecule has 0 atom stereocenters. The quantitative estimate of drug-likeness (QED) is 0.741. The zero-order valence-electron chi connectivity index (χ0n) is 13.7. The van der Waals surface area contributed by atoms with Crippen molar-refractivity contribution in [3.8, 4) is 6.07 Å². The normalized spacial score (nSPS) is 9.96. The monoisotopic (exact) mass is 345 g/mol. The average Bonchev–Trinajstić information content (AvgIpc) is 3.22. The summed E-state index contributed by atoms with van der Waals surface area (Å²) in [7, 11) is 0. The molecule has 0 radical (unpaired) electrons. The van der Waals surface area contributed by atoms with E-state index in [0.29, 0.717) is 23.4 Å². The molecular weight excluding hydrogens is 330 g/mol. The van der Waals surface area contributed by atoms with Crippen molar-refractivity contribution in [3.63, 3.8) is 0 Å². The van der Waals surface area contributed by atoms with Crippen molar-refractivity contribution in [1.82, 2.24) is 5.32 Å². The summed E-state index contributed by atoms with van der Waals surface area (Å²) in [6, 6.07) is 18.9. The number of carbonyl (C=O) groups excluding carboxylic acids is 2. The van der Waals surface area contributed by atoms with Crippen molar-refractivity contribution < 1.29 is 14.0 Å². The molecule has 2 amide bonds. The lowest BCUT2D eigenvalue weighted by molar-refractivity contribution is 0.0950. The van der Waals surface area contributed by atoms with Gasteiger partial charge in [0, 0.05) is 17.8 Å². The number of anilines is 1. The van der Waals surface area contributed by atoms with Crippen LogP contribution in [0.3, 0.4) is 0 Å². The number of nitrogens with one attached hydrogen (secondary N) is 2. The van der Waals surface area contributed by atoms with Gasteiger partial charge in [0.2, 0.25) is 0 Å². The average molecular weight is 345 g/mol. The lowest BCUT2D eigenvalue weighted by atomic mass is 10.1. The van der Waals surface area contributed by atoms with Crippen molar-refractivity contribution in [2.45, 2.75) is 6.54 Å². The number of nitrogens with zero attached hydrogens (tertiary/aromatic N) is 1. The number of amides is 2. The van der Waals surface area contributed by atoms with Crippen LogP contribution in [0.2, 0.25) is 0 Å². The van der Waals surface area contributed by atoms with Crippen LogP contribution in [-0.4, -0.2) is 11.8 Å². The van der Waals surface area contributed by atoms with Crippen molar-refractivity contribution in [1.29, 1.82) is 5.26 Å². The van der Waals surface area contributed by atoms with Gasteiger partial charge in [0.15, 0.2) is 5.76 Å². The van der Waals surface area contributed by atoms with Crippen LogP contribution in [-0.2, 0) is 6.54 Å². The summed E-state index contributed by atoms with van der Waals surface area (Å²) in [5.74, 6) is -0.382. The molecule has 6 nitrogen and oxygen atoms in total. The van der Waals surface area contributed by atoms with Crippen LogP contribution in [0, 0.1) is 11.3 Å². The predicted octanol–water partition coefficient (Wildman–Crippen LogP) is 3.33. The number of hydrogen-bond acceptors (Lipinski definition) is 4. The van der Waals surface area contributed by atoms with E-state index in [2.05, 4.69) is 16.7 Å². The van der Waals surface area contributed by atoms with Gasteiger partial charge in [-0.25, -0.2) is 0 Å². The van der Waals surface area contributed by atoms with Gasteiger partial charge in [-0.2, -0.15) is 5.26 Å². The lowest BCUT2D eigenvalue weighted by Crippen LogP contribution is -2.22. The molecule has 0 aliphatic carbocycles. The molecule has 0 saturated heterocycles. The van der Waals surface area contributed by atoms with E-state index in [0.717, 1.165) is 5.56 Å². The highest BCUT2D eigenvalue weighted by molar-refractivity contribution is 6.02. The van der Waals surface area contributed by atoms with Gasteiger partial charge in [-0.3, -0.25) is 9.59 Å². The molecule has 128 valence electrons. The molecule has 2 aromatic carbocycles. The van der Waals surface area contributed by atoms with Crippen molar-refractivity contribution in [2.75, 3.05) is 5.32 Å². The Morgan fingerprint density at radius 1 is 1.00 bits per heavy atom. The zero-order valence-corrected chi connectivity index (χ0v) is 13.7. The number of carbonyl (C=O) groups is 2. The first-order chi connectivity index (χ1) is 12.7. The largest absolute Gasteiger partial charge is 0.459 e. The smallest absolute Gasteiger partial charge is 0.291 e. The van der Waals surface area contributed by atoms with Gasteiger partial charge in [-0.15, -0.1) is 0 Å². The fourth-order valence-corrected chi connectivity index (χ4v) is 2.34. The Morgan fingerprint density at radius 2 is 1.81 bits per heavy atom. The topological polar surface area (TPSA) is 95.1 Å². The standard InChI is InChI=1S/C20H15N3O3/c21-12-14-3-1-4-15(11-14)13-22-19(24)16-6-8-17(9-7-16)23-20(25)18-5-2-10-26-18/h1-11H,13H2,(H,22,24)(H,23,25). The van der Waals surface area contributed by atoms with Crippen LogP contribution in [0.15, 0.2) is 71.3 Å². The minimum Gasteiger partial charge on any atom is -0.459 e. The van der Waals surface area contributed by atoms with Crippen LogP contribution in [0.1, 0.15) is 32.0 Å². The molecule has 0 spiro atoms. The van der Waals surface area contributed by atoms with E-state index < -0.39 is 0 Å². The number of nitriles is 1. The summed E-state index contributed by atoms with van der Waals surface area (Å²) in [5.41, 5.74) is 2.43. The Hall–Kier alpha value is -3.85. The molecule has 2 N–H and O–H groups in total. The molecule has 3 rings (SSSR count). The second-order valence-corrected chi connectivity index (χ2v) is 5.50. The first-order valence-corrected chi connectivity index (χ1v) is 7.88. The Morgan fingerprint density at radius 3 is 2.50 bits per heavy atom. The third kappa shape index (κ3) is 4.16. The highest BCUT2D eigenvalue weighted by Crippen LogP contribution is 2.12. The fraction of sp³-hybridized carbons (Fsp3) is 0.0500. The maximum atomic E-state index is 12.2. The van der Waals surface area contributed by atoms with Gasteiger partial charge in [-0.05, 0) is 54.1 Å². The van der Waals surface area contributed by atoms with Crippen LogP contribution in [0.5, 0.6) is 0 Å². The van der Waals surface area contributed by atoms with Gasteiger partial charge < -0.3 is 15.1 Å². The van der Waals surface area contributed by atoms with Crippen molar-refractivity contribution in [2.24, 2.45) is 0 Å². The van der Waals surface area contributed by atoms with Crippen molar-refractivity contribution in [3.05, 3.63) is 89.4 Å². The maximum absolute atomic E-state index is 12.2. The third-order valence-corrected chi connectivity index (χ3v) is 3.66. The van der Waals surface area contributed by atoms with Crippen LogP contribution in [0.25, 0.3) is 0 Å². The highest BCUT2D eigenvalue weighted by atomic mass is 16.3. The first kappa shape index (κ1) is 17.0. The van der Waals surface area contributed by atoms with Crippen LogP contribution in [0.4, 0.5) is 5.69 Å². The Bertz CT molecular complexity index is 955. The maximum Gasteiger partial charge on any atom is 0.291 e. The molecule has 6 heteroatoms.